The van der Waals surface area contributed by atoms with Crippen molar-refractivity contribution in [3.8, 4) is 5.75 Å². The molecule has 1 aromatic heterocycles. The van der Waals surface area contributed by atoms with Gasteiger partial charge in [-0.1, -0.05) is 6.07 Å². The monoisotopic (exact) mass is 280 g/mol. The first kappa shape index (κ1) is 13.4. The summed E-state index contributed by atoms with van der Waals surface area (Å²) in [5, 5.41) is 2.88. The van der Waals surface area contributed by atoms with Crippen molar-refractivity contribution in [2.75, 3.05) is 12.4 Å². The molecule has 2 heterocycles. The van der Waals surface area contributed by atoms with Crippen LogP contribution in [0.2, 0.25) is 0 Å². The van der Waals surface area contributed by atoms with E-state index in [-0.39, 0.29) is 5.91 Å². The van der Waals surface area contributed by atoms with E-state index in [1.807, 2.05) is 50.3 Å². The number of methoxy groups -OCH3 is 1. The molecule has 0 fully saturated rings. The molecule has 4 nitrogen and oxygen atoms in total. The summed E-state index contributed by atoms with van der Waals surface area (Å²) in [6, 6.07) is 9.56. The molecule has 0 atom stereocenters. The lowest BCUT2D eigenvalue weighted by atomic mass is 10.0. The van der Waals surface area contributed by atoms with Gasteiger partial charge in [0.25, 0.3) is 5.91 Å². The quantitative estimate of drug-likeness (QED) is 0.859. The number of aromatic nitrogens is 1. The number of nitrogens with zero attached hydrogens (tertiary/aromatic N) is 1. The molecule has 3 rings (SSSR count). The van der Waals surface area contributed by atoms with Crippen LogP contribution in [0.1, 0.15) is 22.5 Å². The van der Waals surface area contributed by atoms with Crippen molar-refractivity contribution < 1.29 is 9.53 Å². The number of amides is 1. The fraction of sp³-hybridized carbons (Fsp3) is 0.176. The number of hydrogen-bond acceptors (Lipinski definition) is 3. The second kappa shape index (κ2) is 5.05. The lowest BCUT2D eigenvalue weighted by molar-refractivity contribution is -0.110. The summed E-state index contributed by atoms with van der Waals surface area (Å²) in [7, 11) is 1.63. The molecule has 106 valence electrons. The topological polar surface area (TPSA) is 51.2 Å². The minimum atomic E-state index is -0.110. The standard InChI is InChI=1S/C17H16N2O2/c1-10-7-15-13(9-16(10)21-3)14(17(20)19-15)8-12-6-4-5-11(2)18-12/h4-9H,1-3H3,(H,19,20)/b14-8-. The number of pyridine rings is 1. The van der Waals surface area contributed by atoms with Crippen LogP contribution >= 0.6 is 0 Å². The van der Waals surface area contributed by atoms with Gasteiger partial charge in [0.1, 0.15) is 5.75 Å². The van der Waals surface area contributed by atoms with Crippen LogP contribution in [0.5, 0.6) is 5.75 Å². The lowest BCUT2D eigenvalue weighted by Crippen LogP contribution is -2.03. The maximum atomic E-state index is 12.2. The zero-order chi connectivity index (χ0) is 15.0. The van der Waals surface area contributed by atoms with E-state index in [1.54, 1.807) is 7.11 Å². The Morgan fingerprint density at radius 1 is 1.24 bits per heavy atom. The van der Waals surface area contributed by atoms with Crippen molar-refractivity contribution in [2.24, 2.45) is 0 Å². The zero-order valence-electron chi connectivity index (χ0n) is 12.2. The summed E-state index contributed by atoms with van der Waals surface area (Å²) in [5.74, 6) is 0.661. The first-order valence-electron chi connectivity index (χ1n) is 6.74. The minimum absolute atomic E-state index is 0.110. The van der Waals surface area contributed by atoms with E-state index in [1.165, 1.54) is 0 Å². The van der Waals surface area contributed by atoms with Crippen LogP contribution in [0, 0.1) is 13.8 Å². The number of aryl methyl sites for hydroxylation is 2. The van der Waals surface area contributed by atoms with E-state index in [2.05, 4.69) is 10.3 Å². The van der Waals surface area contributed by atoms with Crippen LogP contribution in [0.4, 0.5) is 5.69 Å². The minimum Gasteiger partial charge on any atom is -0.496 e. The number of nitrogens with one attached hydrogen (secondary N) is 1. The second-order valence-electron chi connectivity index (χ2n) is 5.08. The Balaban J connectivity index is 2.12. The van der Waals surface area contributed by atoms with Crippen LogP contribution in [0.3, 0.4) is 0 Å². The molecule has 0 bridgehead atoms. The van der Waals surface area contributed by atoms with Gasteiger partial charge < -0.3 is 10.1 Å². The predicted molar refractivity (Wildman–Crippen MR) is 83.2 cm³/mol. The number of benzene rings is 1. The molecule has 1 amide bonds. The van der Waals surface area contributed by atoms with Gasteiger partial charge in [0, 0.05) is 16.9 Å². The molecule has 4 heteroatoms. The summed E-state index contributed by atoms with van der Waals surface area (Å²) in [4.78, 5) is 16.6. The number of carbonyl (C=O) groups is 1. The van der Waals surface area contributed by atoms with E-state index >= 15 is 0 Å². The van der Waals surface area contributed by atoms with E-state index in [9.17, 15) is 4.79 Å². The van der Waals surface area contributed by atoms with Gasteiger partial charge in [-0.05, 0) is 49.8 Å². The van der Waals surface area contributed by atoms with Crippen LogP contribution < -0.4 is 10.1 Å². The third-order valence-electron chi connectivity index (χ3n) is 3.52. The molecule has 21 heavy (non-hydrogen) atoms. The molecule has 2 aromatic rings. The normalized spacial score (nSPS) is 15.0. The summed E-state index contributed by atoms with van der Waals surface area (Å²) in [5.41, 5.74) is 4.97. The number of hydrogen-bond donors (Lipinski definition) is 1. The molecular weight excluding hydrogens is 264 g/mol. The second-order valence-corrected chi connectivity index (χ2v) is 5.08. The molecule has 0 unspecified atom stereocenters. The Morgan fingerprint density at radius 2 is 2.05 bits per heavy atom. The number of fused-ring (bicyclic) bond motifs is 1. The van der Waals surface area contributed by atoms with Crippen molar-refractivity contribution in [3.63, 3.8) is 0 Å². The third-order valence-corrected chi connectivity index (χ3v) is 3.52. The molecule has 0 radical (unpaired) electrons. The summed E-state index contributed by atoms with van der Waals surface area (Å²) < 4.78 is 5.34. The fourth-order valence-corrected chi connectivity index (χ4v) is 2.48. The Morgan fingerprint density at radius 3 is 2.76 bits per heavy atom. The van der Waals surface area contributed by atoms with Gasteiger partial charge in [-0.2, -0.15) is 0 Å². The summed E-state index contributed by atoms with van der Waals surface area (Å²) >= 11 is 0. The van der Waals surface area contributed by atoms with Crippen LogP contribution in [0.15, 0.2) is 30.3 Å². The predicted octanol–water partition coefficient (Wildman–Crippen LogP) is 3.20. The highest BCUT2D eigenvalue weighted by atomic mass is 16.5. The van der Waals surface area contributed by atoms with Crippen LogP contribution in [-0.2, 0) is 4.79 Å². The van der Waals surface area contributed by atoms with Crippen LogP contribution in [0.25, 0.3) is 11.6 Å². The van der Waals surface area contributed by atoms with Gasteiger partial charge in [-0.3, -0.25) is 9.78 Å². The Hall–Kier alpha value is -2.62. The Kier molecular flexibility index (Phi) is 3.22. The maximum Gasteiger partial charge on any atom is 0.256 e. The molecule has 1 N–H and O–H groups in total. The Labute approximate surface area is 123 Å². The lowest BCUT2D eigenvalue weighted by Gasteiger charge is -2.07. The zero-order valence-corrected chi connectivity index (χ0v) is 12.2. The first-order chi connectivity index (χ1) is 10.1. The number of rotatable bonds is 2. The average molecular weight is 280 g/mol. The number of carbonyl (C=O) groups excluding carboxylic acids is 1. The molecular formula is C17H16N2O2. The van der Waals surface area contributed by atoms with Gasteiger partial charge >= 0.3 is 0 Å². The molecule has 0 spiro atoms. The van der Waals surface area contributed by atoms with E-state index < -0.39 is 0 Å². The van der Waals surface area contributed by atoms with Crippen molar-refractivity contribution in [3.05, 3.63) is 52.8 Å². The van der Waals surface area contributed by atoms with Crippen molar-refractivity contribution >= 4 is 23.2 Å². The highest BCUT2D eigenvalue weighted by Crippen LogP contribution is 2.37. The van der Waals surface area contributed by atoms with Crippen molar-refractivity contribution in [1.29, 1.82) is 0 Å². The summed E-state index contributed by atoms with van der Waals surface area (Å²) in [6.07, 6.45) is 1.81. The molecule has 1 aliphatic rings. The van der Waals surface area contributed by atoms with Gasteiger partial charge in [0.15, 0.2) is 0 Å². The average Bonchev–Trinajstić information content (AvgIpc) is 2.73. The van der Waals surface area contributed by atoms with E-state index in [0.29, 0.717) is 5.57 Å². The van der Waals surface area contributed by atoms with E-state index in [4.69, 9.17) is 4.74 Å². The molecule has 1 aliphatic heterocycles. The highest BCUT2D eigenvalue weighted by molar-refractivity contribution is 6.35. The molecule has 0 saturated heterocycles. The number of ether oxygens (including phenoxy) is 1. The van der Waals surface area contributed by atoms with Gasteiger partial charge in [0.2, 0.25) is 0 Å². The van der Waals surface area contributed by atoms with Gasteiger partial charge in [-0.15, -0.1) is 0 Å². The van der Waals surface area contributed by atoms with Gasteiger partial charge in [-0.25, -0.2) is 0 Å². The number of anilines is 1. The van der Waals surface area contributed by atoms with Gasteiger partial charge in [0.05, 0.1) is 18.4 Å². The molecule has 0 aliphatic carbocycles. The smallest absolute Gasteiger partial charge is 0.256 e. The third kappa shape index (κ3) is 2.40. The van der Waals surface area contributed by atoms with E-state index in [0.717, 1.165) is 34.0 Å². The summed E-state index contributed by atoms with van der Waals surface area (Å²) in [6.45, 7) is 3.88. The van der Waals surface area contributed by atoms with Crippen molar-refractivity contribution in [2.45, 2.75) is 13.8 Å². The Bertz CT molecular complexity index is 763. The van der Waals surface area contributed by atoms with Crippen molar-refractivity contribution in [1.82, 2.24) is 4.98 Å². The first-order valence-corrected chi connectivity index (χ1v) is 6.74. The molecule has 0 saturated carbocycles. The van der Waals surface area contributed by atoms with Crippen LogP contribution in [-0.4, -0.2) is 18.0 Å². The highest BCUT2D eigenvalue weighted by Gasteiger charge is 2.25. The molecule has 1 aromatic carbocycles. The largest absolute Gasteiger partial charge is 0.496 e. The maximum absolute atomic E-state index is 12.2. The SMILES string of the molecule is COc1cc2c(cc1C)NC(=O)/C2=C\c1cccc(C)n1. The fourth-order valence-electron chi connectivity index (χ4n) is 2.48.